The fourth-order valence-corrected chi connectivity index (χ4v) is 3.24. The van der Waals surface area contributed by atoms with E-state index in [9.17, 15) is 4.79 Å². The summed E-state index contributed by atoms with van der Waals surface area (Å²) in [5, 5.41) is 6.26. The van der Waals surface area contributed by atoms with Gasteiger partial charge in [-0.05, 0) is 52.7 Å². The lowest BCUT2D eigenvalue weighted by Gasteiger charge is -2.10. The number of nitrogens with one attached hydrogen (secondary N) is 2. The molecule has 106 valence electrons. The molecule has 0 unspecified atom stereocenters. The van der Waals surface area contributed by atoms with Gasteiger partial charge in [0, 0.05) is 12.2 Å². The number of carbonyl (C=O) groups excluding carboxylic acids is 1. The van der Waals surface area contributed by atoms with E-state index in [1.54, 1.807) is 0 Å². The first-order valence-electron chi connectivity index (χ1n) is 6.47. The number of hydrogen-bond acceptors (Lipinski definition) is 3. The van der Waals surface area contributed by atoms with Crippen molar-refractivity contribution in [3.05, 3.63) is 50.1 Å². The highest BCUT2D eigenvalue weighted by Gasteiger charge is 2.12. The number of rotatable bonds is 5. The van der Waals surface area contributed by atoms with Crippen molar-refractivity contribution in [1.29, 1.82) is 0 Å². The molecule has 0 atom stereocenters. The van der Waals surface area contributed by atoms with Gasteiger partial charge in [-0.3, -0.25) is 4.79 Å². The van der Waals surface area contributed by atoms with E-state index < -0.39 is 0 Å². The monoisotopic (exact) mass is 352 g/mol. The topological polar surface area (TPSA) is 41.1 Å². The van der Waals surface area contributed by atoms with E-state index in [4.69, 9.17) is 0 Å². The number of hydrogen-bond donors (Lipinski definition) is 2. The third-order valence-electron chi connectivity index (χ3n) is 2.91. The maximum atomic E-state index is 12.3. The Hall–Kier alpha value is -1.17. The Morgan fingerprint density at radius 1 is 1.35 bits per heavy atom. The second-order valence-corrected chi connectivity index (χ2v) is 6.83. The molecule has 0 spiro atoms. The number of carbonyl (C=O) groups is 1. The minimum absolute atomic E-state index is 0.0623. The molecule has 5 heteroatoms. The van der Waals surface area contributed by atoms with Crippen LogP contribution in [0.1, 0.15) is 27.7 Å². The standard InChI is InChI=1S/C15H17BrN2OS/c1-3-17-9-11-6-4-5-7-12(11)18-15(19)13-8-10(2)14(16)20-13/h4-8,17H,3,9H2,1-2H3,(H,18,19). The van der Waals surface area contributed by atoms with E-state index in [2.05, 4.69) is 33.5 Å². The predicted molar refractivity (Wildman–Crippen MR) is 88.5 cm³/mol. The first kappa shape index (κ1) is 15.2. The van der Waals surface area contributed by atoms with Gasteiger partial charge in [0.05, 0.1) is 8.66 Å². The Morgan fingerprint density at radius 2 is 2.10 bits per heavy atom. The zero-order valence-corrected chi connectivity index (χ0v) is 13.9. The minimum Gasteiger partial charge on any atom is -0.321 e. The number of thiophene rings is 1. The number of benzene rings is 1. The summed E-state index contributed by atoms with van der Waals surface area (Å²) in [5.74, 6) is -0.0623. The lowest BCUT2D eigenvalue weighted by Crippen LogP contribution is -2.16. The van der Waals surface area contributed by atoms with Crippen molar-refractivity contribution in [3.63, 3.8) is 0 Å². The number of para-hydroxylation sites is 1. The van der Waals surface area contributed by atoms with E-state index in [0.717, 1.165) is 33.7 Å². The number of halogens is 1. The number of anilines is 1. The summed E-state index contributed by atoms with van der Waals surface area (Å²) in [7, 11) is 0. The highest BCUT2D eigenvalue weighted by atomic mass is 79.9. The maximum Gasteiger partial charge on any atom is 0.265 e. The van der Waals surface area contributed by atoms with Gasteiger partial charge in [0.25, 0.3) is 5.91 Å². The molecule has 20 heavy (non-hydrogen) atoms. The average Bonchev–Trinajstić information content (AvgIpc) is 2.78. The second-order valence-electron chi connectivity index (χ2n) is 4.46. The summed E-state index contributed by atoms with van der Waals surface area (Å²) in [6.45, 7) is 5.70. The first-order chi connectivity index (χ1) is 9.61. The molecule has 0 saturated heterocycles. The van der Waals surface area contributed by atoms with Crippen LogP contribution in [-0.2, 0) is 6.54 Å². The molecular formula is C15H17BrN2OS. The van der Waals surface area contributed by atoms with Crippen LogP contribution in [0, 0.1) is 6.92 Å². The zero-order valence-electron chi connectivity index (χ0n) is 11.5. The molecular weight excluding hydrogens is 336 g/mol. The van der Waals surface area contributed by atoms with Crippen LogP contribution in [0.2, 0.25) is 0 Å². The predicted octanol–water partition coefficient (Wildman–Crippen LogP) is 4.18. The molecule has 3 nitrogen and oxygen atoms in total. The lowest BCUT2D eigenvalue weighted by atomic mass is 10.1. The smallest absolute Gasteiger partial charge is 0.265 e. The molecule has 0 fully saturated rings. The van der Waals surface area contributed by atoms with Gasteiger partial charge in [0.15, 0.2) is 0 Å². The van der Waals surface area contributed by atoms with Crippen LogP contribution in [0.4, 0.5) is 5.69 Å². The third-order valence-corrected chi connectivity index (χ3v) is 5.05. The molecule has 0 aliphatic carbocycles. The number of amides is 1. The van der Waals surface area contributed by atoms with Crippen molar-refractivity contribution < 1.29 is 4.79 Å². The van der Waals surface area contributed by atoms with Gasteiger partial charge in [-0.15, -0.1) is 11.3 Å². The van der Waals surface area contributed by atoms with Crippen LogP contribution in [0.15, 0.2) is 34.1 Å². The van der Waals surface area contributed by atoms with Gasteiger partial charge < -0.3 is 10.6 Å². The van der Waals surface area contributed by atoms with Crippen molar-refractivity contribution in [2.24, 2.45) is 0 Å². The molecule has 1 aromatic heterocycles. The molecule has 0 aliphatic rings. The SMILES string of the molecule is CCNCc1ccccc1NC(=O)c1cc(C)c(Br)s1. The fraction of sp³-hybridized carbons (Fsp3) is 0.267. The lowest BCUT2D eigenvalue weighted by molar-refractivity contribution is 0.103. The zero-order chi connectivity index (χ0) is 14.5. The molecule has 0 aliphatic heterocycles. The second kappa shape index (κ2) is 7.02. The highest BCUT2D eigenvalue weighted by molar-refractivity contribution is 9.11. The molecule has 2 aromatic rings. The van der Waals surface area contributed by atoms with Gasteiger partial charge in [0.1, 0.15) is 0 Å². The molecule has 1 amide bonds. The Kier molecular flexibility index (Phi) is 5.34. The van der Waals surface area contributed by atoms with Gasteiger partial charge >= 0.3 is 0 Å². The molecule has 0 saturated carbocycles. The van der Waals surface area contributed by atoms with E-state index in [1.165, 1.54) is 11.3 Å². The van der Waals surface area contributed by atoms with Gasteiger partial charge in [-0.2, -0.15) is 0 Å². The van der Waals surface area contributed by atoms with Crippen molar-refractivity contribution in [2.75, 3.05) is 11.9 Å². The summed E-state index contributed by atoms with van der Waals surface area (Å²) in [6, 6.07) is 9.76. The van der Waals surface area contributed by atoms with Gasteiger partial charge in [0.2, 0.25) is 0 Å². The highest BCUT2D eigenvalue weighted by Crippen LogP contribution is 2.28. The quantitative estimate of drug-likeness (QED) is 0.847. The van der Waals surface area contributed by atoms with E-state index in [0.29, 0.717) is 4.88 Å². The molecule has 0 bridgehead atoms. The number of aryl methyl sites for hydroxylation is 1. The van der Waals surface area contributed by atoms with Crippen molar-refractivity contribution in [3.8, 4) is 0 Å². The van der Waals surface area contributed by atoms with Crippen LogP contribution in [0.5, 0.6) is 0 Å². The van der Waals surface area contributed by atoms with Crippen molar-refractivity contribution in [1.82, 2.24) is 5.32 Å². The third kappa shape index (κ3) is 3.69. The van der Waals surface area contributed by atoms with Crippen LogP contribution in [0.3, 0.4) is 0 Å². The first-order valence-corrected chi connectivity index (χ1v) is 8.08. The Morgan fingerprint density at radius 3 is 2.75 bits per heavy atom. The summed E-state index contributed by atoms with van der Waals surface area (Å²) >= 11 is 4.90. The summed E-state index contributed by atoms with van der Waals surface area (Å²) in [4.78, 5) is 13.0. The molecule has 2 rings (SSSR count). The van der Waals surface area contributed by atoms with Crippen LogP contribution >= 0.6 is 27.3 Å². The van der Waals surface area contributed by atoms with Crippen LogP contribution < -0.4 is 10.6 Å². The van der Waals surface area contributed by atoms with Crippen LogP contribution in [0.25, 0.3) is 0 Å². The van der Waals surface area contributed by atoms with Gasteiger partial charge in [-0.25, -0.2) is 0 Å². The minimum atomic E-state index is -0.0623. The van der Waals surface area contributed by atoms with E-state index >= 15 is 0 Å². The fourth-order valence-electron chi connectivity index (χ4n) is 1.81. The summed E-state index contributed by atoms with van der Waals surface area (Å²) < 4.78 is 1.00. The maximum absolute atomic E-state index is 12.3. The average molecular weight is 353 g/mol. The van der Waals surface area contributed by atoms with Crippen LogP contribution in [-0.4, -0.2) is 12.5 Å². The largest absolute Gasteiger partial charge is 0.321 e. The normalized spacial score (nSPS) is 10.6. The van der Waals surface area contributed by atoms with E-state index in [1.807, 2.05) is 37.3 Å². The molecule has 0 radical (unpaired) electrons. The summed E-state index contributed by atoms with van der Waals surface area (Å²) in [5.41, 5.74) is 3.04. The molecule has 1 aromatic carbocycles. The Balaban J connectivity index is 2.15. The Bertz CT molecular complexity index is 590. The molecule has 2 N–H and O–H groups in total. The molecule has 1 heterocycles. The summed E-state index contributed by atoms with van der Waals surface area (Å²) in [6.07, 6.45) is 0. The Labute approximate surface area is 131 Å². The van der Waals surface area contributed by atoms with Gasteiger partial charge in [-0.1, -0.05) is 25.1 Å². The van der Waals surface area contributed by atoms with Crippen molar-refractivity contribution in [2.45, 2.75) is 20.4 Å². The van der Waals surface area contributed by atoms with Crippen molar-refractivity contribution >= 4 is 38.9 Å². The van der Waals surface area contributed by atoms with E-state index in [-0.39, 0.29) is 5.91 Å².